The van der Waals surface area contributed by atoms with Crippen LogP contribution in [0.4, 0.5) is 10.1 Å². The summed E-state index contributed by atoms with van der Waals surface area (Å²) in [4.78, 5) is 38.4. The van der Waals surface area contributed by atoms with Crippen molar-refractivity contribution in [1.82, 2.24) is 0 Å². The van der Waals surface area contributed by atoms with E-state index in [1.54, 1.807) is 49.2 Å². The van der Waals surface area contributed by atoms with Crippen LogP contribution < -0.4 is 4.90 Å². The van der Waals surface area contributed by atoms with E-state index in [0.29, 0.717) is 21.2 Å². The lowest BCUT2D eigenvalue weighted by Crippen LogP contribution is -2.20. The van der Waals surface area contributed by atoms with E-state index in [1.165, 1.54) is 6.07 Å². The monoisotopic (exact) mass is 397 g/mol. The van der Waals surface area contributed by atoms with Crippen LogP contribution in [0.15, 0.2) is 36.4 Å². The van der Waals surface area contributed by atoms with Gasteiger partial charge >= 0.3 is 5.97 Å². The number of carbonyl (C=O) groups is 3. The molecule has 1 aromatic heterocycles. The summed E-state index contributed by atoms with van der Waals surface area (Å²) in [6.45, 7) is 1.24. The van der Waals surface area contributed by atoms with Gasteiger partial charge in [0.25, 0.3) is 0 Å². The Labute approximate surface area is 164 Å². The van der Waals surface area contributed by atoms with E-state index < -0.39 is 12.6 Å². The molecule has 3 aromatic rings. The Bertz CT molecular complexity index is 1150. The van der Waals surface area contributed by atoms with Crippen LogP contribution in [0.5, 0.6) is 0 Å². The predicted molar refractivity (Wildman–Crippen MR) is 105 cm³/mol. The van der Waals surface area contributed by atoms with Crippen LogP contribution in [-0.4, -0.2) is 31.3 Å². The maximum atomic E-state index is 14.0. The Kier molecular flexibility index (Phi) is 4.47. The number of rotatable bonds is 4. The summed E-state index contributed by atoms with van der Waals surface area (Å²) in [6.07, 6.45) is 0.249. The summed E-state index contributed by atoms with van der Waals surface area (Å²) in [5, 5.41) is 0.401. The van der Waals surface area contributed by atoms with E-state index >= 15 is 0 Å². The van der Waals surface area contributed by atoms with Gasteiger partial charge in [0.1, 0.15) is 10.7 Å². The van der Waals surface area contributed by atoms with Gasteiger partial charge in [-0.1, -0.05) is 6.07 Å². The molecule has 1 amide bonds. The molecule has 0 N–H and O–H groups in total. The van der Waals surface area contributed by atoms with Crippen molar-refractivity contribution in [2.24, 2.45) is 0 Å². The number of anilines is 1. The lowest BCUT2D eigenvalue weighted by Gasteiger charge is -2.10. The van der Waals surface area contributed by atoms with E-state index in [4.69, 9.17) is 4.74 Å². The zero-order valence-electron chi connectivity index (χ0n) is 15.2. The van der Waals surface area contributed by atoms with Gasteiger partial charge in [-0.2, -0.15) is 0 Å². The molecule has 2 aromatic carbocycles. The maximum Gasteiger partial charge on any atom is 0.349 e. The van der Waals surface area contributed by atoms with E-state index in [9.17, 15) is 18.8 Å². The van der Waals surface area contributed by atoms with E-state index in [0.717, 1.165) is 22.6 Å². The number of hydrogen-bond donors (Lipinski definition) is 0. The number of benzene rings is 2. The van der Waals surface area contributed by atoms with Crippen LogP contribution in [0.2, 0.25) is 0 Å². The molecule has 1 aliphatic rings. The highest BCUT2D eigenvalue weighted by Crippen LogP contribution is 2.33. The minimum absolute atomic E-state index is 0.0292. The van der Waals surface area contributed by atoms with Crippen LogP contribution in [-0.2, 0) is 16.0 Å². The molecule has 7 heteroatoms. The third kappa shape index (κ3) is 2.97. The number of aryl methyl sites for hydroxylation is 1. The predicted octanol–water partition coefficient (Wildman–Crippen LogP) is 3.91. The number of ketones is 1. The fourth-order valence-corrected chi connectivity index (χ4v) is 4.49. The van der Waals surface area contributed by atoms with Crippen molar-refractivity contribution in [2.45, 2.75) is 13.3 Å². The number of ether oxygens (including phenoxy) is 1. The number of carbonyl (C=O) groups excluding carboxylic acids is 3. The fourth-order valence-electron chi connectivity index (χ4n) is 3.37. The van der Waals surface area contributed by atoms with Gasteiger partial charge in [0.15, 0.2) is 12.4 Å². The summed E-state index contributed by atoms with van der Waals surface area (Å²) < 4.78 is 19.8. The van der Waals surface area contributed by atoms with Gasteiger partial charge in [-0.05, 0) is 48.4 Å². The van der Waals surface area contributed by atoms with Gasteiger partial charge in [0.2, 0.25) is 5.91 Å². The zero-order chi connectivity index (χ0) is 20.0. The summed E-state index contributed by atoms with van der Waals surface area (Å²) in [5.41, 5.74) is 2.45. The average Bonchev–Trinajstić information content (AvgIpc) is 3.16. The van der Waals surface area contributed by atoms with Crippen molar-refractivity contribution in [3.63, 3.8) is 0 Å². The average molecular weight is 397 g/mol. The Hall–Kier alpha value is -3.06. The molecular weight excluding hydrogens is 381 g/mol. The fraction of sp³-hybridized carbons (Fsp3) is 0.190. The molecule has 0 saturated heterocycles. The number of amides is 1. The first-order valence-corrected chi connectivity index (χ1v) is 9.46. The van der Waals surface area contributed by atoms with Crippen LogP contribution in [0, 0.1) is 12.7 Å². The van der Waals surface area contributed by atoms with E-state index in [1.807, 2.05) is 0 Å². The first-order chi connectivity index (χ1) is 13.4. The smallest absolute Gasteiger partial charge is 0.349 e. The molecule has 4 rings (SSSR count). The molecule has 0 saturated carbocycles. The molecule has 0 fully saturated rings. The number of esters is 1. The van der Waals surface area contributed by atoms with Crippen LogP contribution in [0.25, 0.3) is 10.1 Å². The molecule has 2 heterocycles. The molecule has 0 bridgehead atoms. The van der Waals surface area contributed by atoms with Gasteiger partial charge in [0.05, 0.1) is 6.42 Å². The second-order valence-corrected chi connectivity index (χ2v) is 7.69. The Balaban J connectivity index is 1.49. The number of hydrogen-bond acceptors (Lipinski definition) is 5. The highest BCUT2D eigenvalue weighted by molar-refractivity contribution is 7.21. The maximum absolute atomic E-state index is 14.0. The first kappa shape index (κ1) is 18.3. The largest absolute Gasteiger partial charge is 0.453 e. The molecule has 0 atom stereocenters. The van der Waals surface area contributed by atoms with Gasteiger partial charge in [0, 0.05) is 28.4 Å². The number of likely N-dealkylation sites (N-methyl/N-ethyl adjacent to an activating group) is 1. The lowest BCUT2D eigenvalue weighted by atomic mass is 10.1. The quantitative estimate of drug-likeness (QED) is 0.495. The van der Waals surface area contributed by atoms with Crippen LogP contribution in [0.1, 0.15) is 31.2 Å². The molecule has 0 radical (unpaired) electrons. The molecule has 0 spiro atoms. The first-order valence-electron chi connectivity index (χ1n) is 8.64. The third-order valence-electron chi connectivity index (χ3n) is 4.90. The van der Waals surface area contributed by atoms with Crippen LogP contribution in [0.3, 0.4) is 0 Å². The van der Waals surface area contributed by atoms with Crippen molar-refractivity contribution < 1.29 is 23.5 Å². The van der Waals surface area contributed by atoms with E-state index in [-0.39, 0.29) is 28.8 Å². The number of fused-ring (bicyclic) bond motifs is 2. The third-order valence-corrected chi connectivity index (χ3v) is 6.14. The van der Waals surface area contributed by atoms with Crippen molar-refractivity contribution in [2.75, 3.05) is 18.6 Å². The molecule has 142 valence electrons. The van der Waals surface area contributed by atoms with Crippen molar-refractivity contribution in [3.05, 3.63) is 63.8 Å². The normalized spacial score (nSPS) is 13.1. The second-order valence-electron chi connectivity index (χ2n) is 6.64. The van der Waals surface area contributed by atoms with Crippen molar-refractivity contribution in [1.29, 1.82) is 0 Å². The minimum atomic E-state index is -0.650. The molecule has 5 nitrogen and oxygen atoms in total. The van der Waals surface area contributed by atoms with E-state index in [2.05, 4.69) is 0 Å². The second kappa shape index (κ2) is 6.83. The zero-order valence-corrected chi connectivity index (χ0v) is 16.1. The summed E-state index contributed by atoms with van der Waals surface area (Å²) in [5.74, 6) is -1.43. The molecular formula is C21H16FNO4S. The summed E-state index contributed by atoms with van der Waals surface area (Å²) in [6, 6.07) is 9.66. The highest BCUT2D eigenvalue weighted by Gasteiger charge is 2.25. The number of Topliss-reactive ketones (excluding diaryl/α,β-unsaturated/α-hetero) is 1. The molecule has 0 unspecified atom stereocenters. The topological polar surface area (TPSA) is 63.7 Å². The van der Waals surface area contributed by atoms with Crippen molar-refractivity contribution in [3.8, 4) is 0 Å². The van der Waals surface area contributed by atoms with Gasteiger partial charge in [-0.15, -0.1) is 11.3 Å². The SMILES string of the molecule is Cc1c(C(=O)OCC(=O)c2ccc3c(c2)CC(=O)N3C)sc2cccc(F)c12. The highest BCUT2D eigenvalue weighted by atomic mass is 32.1. The van der Waals surface area contributed by atoms with Crippen LogP contribution >= 0.6 is 11.3 Å². The molecule has 28 heavy (non-hydrogen) atoms. The Morgan fingerprint density at radius 2 is 2.04 bits per heavy atom. The Morgan fingerprint density at radius 3 is 2.79 bits per heavy atom. The Morgan fingerprint density at radius 1 is 1.25 bits per heavy atom. The molecule has 0 aliphatic carbocycles. The lowest BCUT2D eigenvalue weighted by molar-refractivity contribution is -0.117. The number of halogens is 1. The van der Waals surface area contributed by atoms with Gasteiger partial charge in [-0.3, -0.25) is 9.59 Å². The molecule has 1 aliphatic heterocycles. The number of nitrogens with zero attached hydrogens (tertiary/aromatic N) is 1. The van der Waals surface area contributed by atoms with Gasteiger partial charge in [-0.25, -0.2) is 9.18 Å². The van der Waals surface area contributed by atoms with Gasteiger partial charge < -0.3 is 9.64 Å². The summed E-state index contributed by atoms with van der Waals surface area (Å²) in [7, 11) is 1.69. The van der Waals surface area contributed by atoms with Crippen molar-refractivity contribution >= 4 is 44.8 Å². The summed E-state index contributed by atoms with van der Waals surface area (Å²) >= 11 is 1.14. The standard InChI is InChI=1S/C21H16FNO4S/c1-11-19-14(22)4-3-5-17(19)28-20(11)21(26)27-10-16(24)12-6-7-15-13(8-12)9-18(25)23(15)2/h3-8H,9-10H2,1-2H3. The number of thiophene rings is 1. The minimum Gasteiger partial charge on any atom is -0.453 e.